The van der Waals surface area contributed by atoms with Gasteiger partial charge in [-0.15, -0.1) is 0 Å². The van der Waals surface area contributed by atoms with E-state index in [-0.39, 0.29) is 17.8 Å². The first-order chi connectivity index (χ1) is 13.5. The molecule has 0 radical (unpaired) electrons. The van der Waals surface area contributed by atoms with Crippen LogP contribution in [0.4, 0.5) is 5.82 Å². The van der Waals surface area contributed by atoms with Gasteiger partial charge in [0, 0.05) is 31.4 Å². The Balaban J connectivity index is 1.70. The molecule has 0 aromatic carbocycles. The van der Waals surface area contributed by atoms with Crippen molar-refractivity contribution in [3.05, 3.63) is 29.0 Å². The van der Waals surface area contributed by atoms with E-state index in [1.54, 1.807) is 12.1 Å². The molecule has 2 aromatic heterocycles. The second kappa shape index (κ2) is 8.96. The minimum atomic E-state index is -0.592. The molecule has 10 heteroatoms. The van der Waals surface area contributed by atoms with E-state index in [1.165, 1.54) is 20.4 Å². The first kappa shape index (κ1) is 20.0. The minimum absolute atomic E-state index is 0.000821. The number of aromatic nitrogens is 3. The van der Waals surface area contributed by atoms with Crippen molar-refractivity contribution in [1.82, 2.24) is 19.2 Å². The molecule has 3 heterocycles. The van der Waals surface area contributed by atoms with Crippen LogP contribution in [0.25, 0.3) is 0 Å². The average molecular weight is 405 g/mol. The van der Waals surface area contributed by atoms with Crippen molar-refractivity contribution in [2.24, 2.45) is 5.92 Å². The summed E-state index contributed by atoms with van der Waals surface area (Å²) >= 11 is 1.14. The summed E-state index contributed by atoms with van der Waals surface area (Å²) < 4.78 is 13.8. The number of anilines is 1. The lowest BCUT2D eigenvalue weighted by Gasteiger charge is -2.38. The maximum absolute atomic E-state index is 13.0. The third-order valence-corrected chi connectivity index (χ3v) is 5.45. The highest BCUT2D eigenvalue weighted by molar-refractivity contribution is 7.08. The molecular formula is C18H23N5O4S. The fourth-order valence-corrected chi connectivity index (χ4v) is 3.84. The van der Waals surface area contributed by atoms with Gasteiger partial charge in [0.1, 0.15) is 10.7 Å². The number of esters is 1. The summed E-state index contributed by atoms with van der Waals surface area (Å²) in [7, 11) is 2.82. The van der Waals surface area contributed by atoms with Gasteiger partial charge in [-0.25, -0.2) is 14.8 Å². The maximum Gasteiger partial charge on any atom is 0.376 e. The number of hydrogen-bond donors (Lipinski definition) is 1. The van der Waals surface area contributed by atoms with E-state index < -0.39 is 5.97 Å². The second-order valence-corrected chi connectivity index (χ2v) is 7.46. The first-order valence-electron chi connectivity index (χ1n) is 8.98. The standard InChI is InChI=1S/C18H23N5O4S/c1-11-5-7-23(17(24)13-9-15(26-2)22-28-13)12(8-11)10-20-14-4-6-19-16(21-14)18(25)27-3/h4,6,9,11-12H,5,7-8,10H2,1-3H3,(H,19,20,21)/t11-,12+/m1/s1. The number of piperidine rings is 1. The van der Waals surface area contributed by atoms with Gasteiger partial charge in [-0.05, 0) is 36.4 Å². The maximum atomic E-state index is 13.0. The highest BCUT2D eigenvalue weighted by Gasteiger charge is 2.31. The highest BCUT2D eigenvalue weighted by atomic mass is 32.1. The van der Waals surface area contributed by atoms with Crippen molar-refractivity contribution < 1.29 is 19.1 Å². The van der Waals surface area contributed by atoms with E-state index in [0.717, 1.165) is 24.4 Å². The summed E-state index contributed by atoms with van der Waals surface area (Å²) in [5, 5.41) is 3.22. The number of ether oxygens (including phenoxy) is 2. The van der Waals surface area contributed by atoms with Gasteiger partial charge in [0.15, 0.2) is 0 Å². The van der Waals surface area contributed by atoms with Crippen LogP contribution in [0.3, 0.4) is 0 Å². The van der Waals surface area contributed by atoms with Gasteiger partial charge in [-0.2, -0.15) is 4.37 Å². The zero-order valence-corrected chi connectivity index (χ0v) is 16.9. The predicted octanol–water partition coefficient (Wildman–Crippen LogP) is 2.08. The van der Waals surface area contributed by atoms with Crippen molar-refractivity contribution in [3.63, 3.8) is 0 Å². The van der Waals surface area contributed by atoms with Crippen molar-refractivity contribution in [1.29, 1.82) is 0 Å². The fourth-order valence-electron chi connectivity index (χ4n) is 3.18. The fraction of sp³-hybridized carbons (Fsp3) is 0.500. The normalized spacial score (nSPS) is 19.2. The number of hydrogen-bond acceptors (Lipinski definition) is 9. The van der Waals surface area contributed by atoms with Crippen LogP contribution >= 0.6 is 11.5 Å². The van der Waals surface area contributed by atoms with Crippen molar-refractivity contribution >= 4 is 29.2 Å². The number of carbonyl (C=O) groups is 2. The van der Waals surface area contributed by atoms with Gasteiger partial charge < -0.3 is 19.7 Å². The third-order valence-electron chi connectivity index (χ3n) is 4.69. The molecule has 2 atom stereocenters. The van der Waals surface area contributed by atoms with Gasteiger partial charge in [-0.3, -0.25) is 4.79 Å². The number of carbonyl (C=O) groups excluding carboxylic acids is 2. The Morgan fingerprint density at radius 2 is 2.21 bits per heavy atom. The Morgan fingerprint density at radius 1 is 1.39 bits per heavy atom. The van der Waals surface area contributed by atoms with Crippen molar-refractivity contribution in [2.75, 3.05) is 32.6 Å². The van der Waals surface area contributed by atoms with Crippen molar-refractivity contribution in [2.45, 2.75) is 25.8 Å². The zero-order valence-electron chi connectivity index (χ0n) is 16.0. The molecule has 150 valence electrons. The Kier molecular flexibility index (Phi) is 6.40. The smallest absolute Gasteiger partial charge is 0.376 e. The molecule has 9 nitrogen and oxygen atoms in total. The van der Waals surface area contributed by atoms with Crippen LogP contribution in [0.15, 0.2) is 18.3 Å². The van der Waals surface area contributed by atoms with Crippen LogP contribution in [0.1, 0.15) is 40.1 Å². The average Bonchev–Trinajstić information content (AvgIpc) is 3.21. The lowest BCUT2D eigenvalue weighted by molar-refractivity contribution is 0.0579. The number of likely N-dealkylation sites (tertiary alicyclic amines) is 1. The molecule has 1 fully saturated rings. The van der Waals surface area contributed by atoms with Crippen LogP contribution in [0.2, 0.25) is 0 Å². The summed E-state index contributed by atoms with van der Waals surface area (Å²) in [6, 6.07) is 3.35. The van der Waals surface area contributed by atoms with E-state index in [9.17, 15) is 9.59 Å². The molecule has 1 saturated heterocycles. The lowest BCUT2D eigenvalue weighted by Crippen LogP contribution is -2.48. The SMILES string of the molecule is COC(=O)c1nccc(NC[C@@H]2C[C@H](C)CCN2C(=O)c2cc(OC)ns2)n1. The van der Waals surface area contributed by atoms with Gasteiger partial charge in [-0.1, -0.05) is 6.92 Å². The summed E-state index contributed by atoms with van der Waals surface area (Å²) in [5.74, 6) is 0.839. The molecule has 1 amide bonds. The van der Waals surface area contributed by atoms with Crippen LogP contribution in [0, 0.1) is 5.92 Å². The van der Waals surface area contributed by atoms with Crippen LogP contribution in [-0.2, 0) is 4.74 Å². The van der Waals surface area contributed by atoms with E-state index in [2.05, 4.69) is 31.3 Å². The number of amides is 1. The van der Waals surface area contributed by atoms with Crippen LogP contribution < -0.4 is 10.1 Å². The van der Waals surface area contributed by atoms with E-state index in [0.29, 0.717) is 35.6 Å². The number of nitrogens with one attached hydrogen (secondary N) is 1. The minimum Gasteiger partial charge on any atom is -0.480 e. The summed E-state index contributed by atoms with van der Waals surface area (Å²) in [4.78, 5) is 35.1. The Hall–Kier alpha value is -2.75. The molecular weight excluding hydrogens is 382 g/mol. The zero-order chi connectivity index (χ0) is 20.1. The summed E-state index contributed by atoms with van der Waals surface area (Å²) in [6.45, 7) is 3.39. The van der Waals surface area contributed by atoms with Crippen molar-refractivity contribution in [3.8, 4) is 5.88 Å². The summed E-state index contributed by atoms with van der Waals surface area (Å²) in [5.41, 5.74) is 0. The molecule has 0 aliphatic carbocycles. The Labute approximate surface area is 167 Å². The molecule has 0 saturated carbocycles. The van der Waals surface area contributed by atoms with Crippen LogP contribution in [0.5, 0.6) is 5.88 Å². The number of nitrogens with zero attached hydrogens (tertiary/aromatic N) is 4. The van der Waals surface area contributed by atoms with Gasteiger partial charge >= 0.3 is 5.97 Å². The Bertz CT molecular complexity index is 843. The van der Waals surface area contributed by atoms with E-state index in [1.807, 2.05) is 4.90 Å². The second-order valence-electron chi connectivity index (χ2n) is 6.65. The van der Waals surface area contributed by atoms with E-state index in [4.69, 9.17) is 4.74 Å². The van der Waals surface area contributed by atoms with E-state index >= 15 is 0 Å². The van der Waals surface area contributed by atoms with Gasteiger partial charge in [0.2, 0.25) is 11.7 Å². The molecule has 1 N–H and O–H groups in total. The molecule has 1 aliphatic rings. The van der Waals surface area contributed by atoms with Gasteiger partial charge in [0.25, 0.3) is 5.91 Å². The monoisotopic (exact) mass is 405 g/mol. The highest BCUT2D eigenvalue weighted by Crippen LogP contribution is 2.26. The Morgan fingerprint density at radius 3 is 2.93 bits per heavy atom. The quantitative estimate of drug-likeness (QED) is 0.728. The predicted molar refractivity (Wildman–Crippen MR) is 104 cm³/mol. The van der Waals surface area contributed by atoms with Crippen LogP contribution in [-0.4, -0.2) is 64.5 Å². The first-order valence-corrected chi connectivity index (χ1v) is 9.76. The molecule has 3 rings (SSSR count). The molecule has 0 spiro atoms. The topological polar surface area (TPSA) is 107 Å². The molecule has 0 bridgehead atoms. The number of rotatable bonds is 6. The number of methoxy groups -OCH3 is 2. The largest absolute Gasteiger partial charge is 0.480 e. The molecule has 1 aliphatic heterocycles. The molecule has 28 heavy (non-hydrogen) atoms. The molecule has 2 aromatic rings. The molecule has 0 unspecified atom stereocenters. The lowest BCUT2D eigenvalue weighted by atomic mass is 9.92. The summed E-state index contributed by atoms with van der Waals surface area (Å²) in [6.07, 6.45) is 3.33. The van der Waals surface area contributed by atoms with Gasteiger partial charge in [0.05, 0.1) is 14.2 Å². The third kappa shape index (κ3) is 4.56.